The molecule has 0 radical (unpaired) electrons. The number of hydrogen-bond acceptors (Lipinski definition) is 3. The van der Waals surface area contributed by atoms with Crippen LogP contribution in [0.25, 0.3) is 0 Å². The third-order valence-electron chi connectivity index (χ3n) is 2.58. The van der Waals surface area contributed by atoms with Gasteiger partial charge in [-0.05, 0) is 25.1 Å². The van der Waals surface area contributed by atoms with E-state index >= 15 is 0 Å². The molecule has 0 aliphatic carbocycles. The third kappa shape index (κ3) is 2.51. The Labute approximate surface area is 106 Å². The van der Waals surface area contributed by atoms with Gasteiger partial charge in [0, 0.05) is 11.3 Å². The van der Waals surface area contributed by atoms with Crippen molar-refractivity contribution in [1.82, 2.24) is 0 Å². The van der Waals surface area contributed by atoms with Gasteiger partial charge in [0.1, 0.15) is 5.75 Å². The average molecular weight is 241 g/mol. The molecule has 0 aromatic heterocycles. The van der Waals surface area contributed by atoms with Crippen molar-refractivity contribution in [1.29, 1.82) is 0 Å². The predicted octanol–water partition coefficient (Wildman–Crippen LogP) is 2.90. The number of benzene rings is 2. The van der Waals surface area contributed by atoms with Crippen molar-refractivity contribution in [2.75, 3.05) is 12.3 Å². The Morgan fingerprint density at radius 2 is 1.89 bits per heavy atom. The molecule has 0 aliphatic rings. The van der Waals surface area contributed by atoms with Gasteiger partial charge in [0.25, 0.3) is 0 Å². The summed E-state index contributed by atoms with van der Waals surface area (Å²) in [5.41, 5.74) is 7.42. The van der Waals surface area contributed by atoms with E-state index in [9.17, 15) is 4.79 Å². The van der Waals surface area contributed by atoms with Gasteiger partial charge in [-0.15, -0.1) is 0 Å². The largest absolute Gasteiger partial charge is 0.493 e. The van der Waals surface area contributed by atoms with Gasteiger partial charge in [0.05, 0.1) is 12.2 Å². The molecular weight excluding hydrogens is 226 g/mol. The number of carbonyl (C=O) groups is 1. The van der Waals surface area contributed by atoms with Crippen LogP contribution in [0.5, 0.6) is 5.75 Å². The Bertz CT molecular complexity index is 550. The Kier molecular flexibility index (Phi) is 3.63. The maximum atomic E-state index is 12.4. The van der Waals surface area contributed by atoms with Crippen LogP contribution in [0.2, 0.25) is 0 Å². The van der Waals surface area contributed by atoms with Crippen molar-refractivity contribution in [3.05, 3.63) is 59.7 Å². The first-order valence-electron chi connectivity index (χ1n) is 5.84. The van der Waals surface area contributed by atoms with E-state index in [2.05, 4.69) is 0 Å². The minimum absolute atomic E-state index is 0.0775. The van der Waals surface area contributed by atoms with Crippen LogP contribution in [0.4, 0.5) is 5.69 Å². The van der Waals surface area contributed by atoms with Crippen LogP contribution in [-0.4, -0.2) is 12.4 Å². The van der Waals surface area contributed by atoms with Crippen LogP contribution in [0.15, 0.2) is 48.5 Å². The number of rotatable bonds is 4. The zero-order valence-electron chi connectivity index (χ0n) is 10.2. The molecule has 0 heterocycles. The van der Waals surface area contributed by atoms with Crippen LogP contribution in [-0.2, 0) is 0 Å². The second kappa shape index (κ2) is 5.36. The topological polar surface area (TPSA) is 52.3 Å². The third-order valence-corrected chi connectivity index (χ3v) is 2.58. The van der Waals surface area contributed by atoms with Gasteiger partial charge in [-0.25, -0.2) is 0 Å². The molecule has 3 nitrogen and oxygen atoms in total. The van der Waals surface area contributed by atoms with Gasteiger partial charge >= 0.3 is 0 Å². The highest BCUT2D eigenvalue weighted by Crippen LogP contribution is 2.24. The zero-order chi connectivity index (χ0) is 13.0. The first-order valence-corrected chi connectivity index (χ1v) is 5.84. The van der Waals surface area contributed by atoms with Gasteiger partial charge in [-0.1, -0.05) is 30.3 Å². The molecular formula is C15H15NO2. The normalized spacial score (nSPS) is 10.1. The summed E-state index contributed by atoms with van der Waals surface area (Å²) in [6, 6.07) is 14.2. The fourth-order valence-corrected chi connectivity index (χ4v) is 1.75. The molecule has 3 heteroatoms. The van der Waals surface area contributed by atoms with Crippen LogP contribution in [0.1, 0.15) is 22.8 Å². The highest BCUT2D eigenvalue weighted by Gasteiger charge is 2.14. The zero-order valence-corrected chi connectivity index (χ0v) is 10.2. The van der Waals surface area contributed by atoms with Crippen LogP contribution < -0.4 is 10.5 Å². The molecule has 0 bridgehead atoms. The molecule has 2 aromatic rings. The van der Waals surface area contributed by atoms with Crippen molar-refractivity contribution in [3.8, 4) is 5.75 Å². The van der Waals surface area contributed by atoms with E-state index in [1.165, 1.54) is 0 Å². The molecule has 2 N–H and O–H groups in total. The molecule has 0 spiro atoms. The first kappa shape index (κ1) is 12.2. The molecule has 92 valence electrons. The fourth-order valence-electron chi connectivity index (χ4n) is 1.75. The van der Waals surface area contributed by atoms with Gasteiger partial charge in [-0.3, -0.25) is 4.79 Å². The van der Waals surface area contributed by atoms with E-state index < -0.39 is 0 Å². The van der Waals surface area contributed by atoms with Crippen LogP contribution in [0, 0.1) is 0 Å². The Morgan fingerprint density at radius 3 is 2.56 bits per heavy atom. The Hall–Kier alpha value is -2.29. The standard InChI is InChI=1S/C15H15NO2/c1-2-18-14-9-8-12(16)10-13(14)15(17)11-6-4-3-5-7-11/h3-10H,2,16H2,1H3. The van der Waals surface area contributed by atoms with E-state index in [0.29, 0.717) is 29.2 Å². The molecule has 0 atom stereocenters. The first-order chi connectivity index (χ1) is 8.72. The van der Waals surface area contributed by atoms with Gasteiger partial charge < -0.3 is 10.5 Å². The number of nitrogens with two attached hydrogens (primary N) is 1. The number of ether oxygens (including phenoxy) is 1. The van der Waals surface area contributed by atoms with E-state index in [1.807, 2.05) is 25.1 Å². The minimum atomic E-state index is -0.0775. The molecule has 18 heavy (non-hydrogen) atoms. The van der Waals surface area contributed by atoms with Crippen molar-refractivity contribution in [3.63, 3.8) is 0 Å². The highest BCUT2D eigenvalue weighted by molar-refractivity contribution is 6.11. The molecule has 0 unspecified atom stereocenters. The molecule has 2 rings (SSSR count). The number of nitrogen functional groups attached to an aromatic ring is 1. The van der Waals surface area contributed by atoms with Crippen LogP contribution >= 0.6 is 0 Å². The van der Waals surface area contributed by atoms with Gasteiger partial charge in [-0.2, -0.15) is 0 Å². The number of carbonyl (C=O) groups excluding carboxylic acids is 1. The van der Waals surface area contributed by atoms with Crippen LogP contribution in [0.3, 0.4) is 0 Å². The molecule has 0 amide bonds. The van der Waals surface area contributed by atoms with Gasteiger partial charge in [0.15, 0.2) is 5.78 Å². The average Bonchev–Trinajstić information content (AvgIpc) is 2.41. The molecule has 0 saturated heterocycles. The lowest BCUT2D eigenvalue weighted by Crippen LogP contribution is -2.06. The molecule has 0 saturated carbocycles. The number of anilines is 1. The summed E-state index contributed by atoms with van der Waals surface area (Å²) < 4.78 is 5.46. The second-order valence-corrected chi connectivity index (χ2v) is 3.88. The van der Waals surface area contributed by atoms with E-state index in [-0.39, 0.29) is 5.78 Å². The number of ketones is 1. The summed E-state index contributed by atoms with van der Waals surface area (Å²) in [6.07, 6.45) is 0. The Balaban J connectivity index is 2.43. The highest BCUT2D eigenvalue weighted by atomic mass is 16.5. The molecule has 0 fully saturated rings. The predicted molar refractivity (Wildman–Crippen MR) is 71.9 cm³/mol. The summed E-state index contributed by atoms with van der Waals surface area (Å²) >= 11 is 0. The number of hydrogen-bond donors (Lipinski definition) is 1. The smallest absolute Gasteiger partial charge is 0.196 e. The SMILES string of the molecule is CCOc1ccc(N)cc1C(=O)c1ccccc1. The van der Waals surface area contributed by atoms with E-state index in [4.69, 9.17) is 10.5 Å². The lowest BCUT2D eigenvalue weighted by atomic mass is 10.0. The summed E-state index contributed by atoms with van der Waals surface area (Å²) in [6.45, 7) is 2.39. The van der Waals surface area contributed by atoms with E-state index in [1.54, 1.807) is 30.3 Å². The van der Waals surface area contributed by atoms with Crippen molar-refractivity contribution in [2.24, 2.45) is 0 Å². The quantitative estimate of drug-likeness (QED) is 0.661. The van der Waals surface area contributed by atoms with E-state index in [0.717, 1.165) is 0 Å². The summed E-state index contributed by atoms with van der Waals surface area (Å²) in [4.78, 5) is 12.4. The maximum absolute atomic E-state index is 12.4. The Morgan fingerprint density at radius 1 is 1.17 bits per heavy atom. The summed E-state index contributed by atoms with van der Waals surface area (Å²) in [7, 11) is 0. The maximum Gasteiger partial charge on any atom is 0.196 e. The fraction of sp³-hybridized carbons (Fsp3) is 0.133. The summed E-state index contributed by atoms with van der Waals surface area (Å²) in [5.74, 6) is 0.493. The minimum Gasteiger partial charge on any atom is -0.493 e. The van der Waals surface area contributed by atoms with Crippen molar-refractivity contribution < 1.29 is 9.53 Å². The lowest BCUT2D eigenvalue weighted by molar-refractivity contribution is 0.103. The second-order valence-electron chi connectivity index (χ2n) is 3.88. The lowest BCUT2D eigenvalue weighted by Gasteiger charge is -2.10. The summed E-state index contributed by atoms with van der Waals surface area (Å²) in [5, 5.41) is 0. The van der Waals surface area contributed by atoms with Gasteiger partial charge in [0.2, 0.25) is 0 Å². The molecule has 2 aromatic carbocycles. The molecule has 0 aliphatic heterocycles. The van der Waals surface area contributed by atoms with Crippen molar-refractivity contribution >= 4 is 11.5 Å². The van der Waals surface area contributed by atoms with Crippen molar-refractivity contribution in [2.45, 2.75) is 6.92 Å². The monoisotopic (exact) mass is 241 g/mol.